The van der Waals surface area contributed by atoms with Crippen LogP contribution < -0.4 is 5.32 Å². The van der Waals surface area contributed by atoms with Crippen molar-refractivity contribution in [3.63, 3.8) is 0 Å². The van der Waals surface area contributed by atoms with Gasteiger partial charge in [-0.1, -0.05) is 11.3 Å². The standard InChI is InChI=1S/C9H9N3O3S/c1-10-5-8-11-4-6(15-8)7-2-3-9(16-7)12(13)14/h2-4,10H,5H2,1H3. The highest BCUT2D eigenvalue weighted by Crippen LogP contribution is 2.32. The molecule has 7 heteroatoms. The number of hydrogen-bond acceptors (Lipinski definition) is 6. The van der Waals surface area contributed by atoms with E-state index in [4.69, 9.17) is 4.42 Å². The maximum absolute atomic E-state index is 10.5. The normalized spacial score (nSPS) is 10.6. The third kappa shape index (κ3) is 2.10. The number of thiophene rings is 1. The minimum absolute atomic E-state index is 0.0987. The van der Waals surface area contributed by atoms with Gasteiger partial charge in [-0.05, 0) is 13.1 Å². The number of nitrogens with one attached hydrogen (secondary N) is 1. The monoisotopic (exact) mass is 239 g/mol. The average molecular weight is 239 g/mol. The van der Waals surface area contributed by atoms with Crippen molar-refractivity contribution in [2.45, 2.75) is 6.54 Å². The molecule has 0 aliphatic carbocycles. The van der Waals surface area contributed by atoms with E-state index >= 15 is 0 Å². The van der Waals surface area contributed by atoms with Gasteiger partial charge < -0.3 is 9.73 Å². The van der Waals surface area contributed by atoms with Crippen LogP contribution in [0.15, 0.2) is 22.7 Å². The van der Waals surface area contributed by atoms with Crippen LogP contribution in [0.1, 0.15) is 5.89 Å². The molecule has 2 aromatic heterocycles. The summed E-state index contributed by atoms with van der Waals surface area (Å²) in [7, 11) is 1.79. The number of nitro groups is 1. The number of oxazole rings is 1. The first-order valence-electron chi connectivity index (χ1n) is 4.54. The summed E-state index contributed by atoms with van der Waals surface area (Å²) >= 11 is 1.07. The second-order valence-electron chi connectivity index (χ2n) is 3.04. The van der Waals surface area contributed by atoms with Gasteiger partial charge in [-0.25, -0.2) is 4.98 Å². The van der Waals surface area contributed by atoms with Crippen molar-refractivity contribution < 1.29 is 9.34 Å². The smallest absolute Gasteiger partial charge is 0.324 e. The lowest BCUT2D eigenvalue weighted by Crippen LogP contribution is -2.04. The molecule has 0 unspecified atom stereocenters. The highest BCUT2D eigenvalue weighted by Gasteiger charge is 2.14. The molecule has 0 amide bonds. The van der Waals surface area contributed by atoms with Gasteiger partial charge in [0.1, 0.15) is 0 Å². The Morgan fingerprint density at radius 2 is 2.44 bits per heavy atom. The average Bonchev–Trinajstić information content (AvgIpc) is 2.84. The van der Waals surface area contributed by atoms with Gasteiger partial charge in [0.05, 0.1) is 22.5 Å². The summed E-state index contributed by atoms with van der Waals surface area (Å²) in [6.07, 6.45) is 1.57. The van der Waals surface area contributed by atoms with Gasteiger partial charge in [-0.3, -0.25) is 10.1 Å². The van der Waals surface area contributed by atoms with Crippen molar-refractivity contribution in [2.24, 2.45) is 0 Å². The fourth-order valence-corrected chi connectivity index (χ4v) is 1.98. The zero-order valence-corrected chi connectivity index (χ0v) is 9.28. The Labute approximate surface area is 95.1 Å². The van der Waals surface area contributed by atoms with Crippen LogP contribution in [0.2, 0.25) is 0 Å². The summed E-state index contributed by atoms with van der Waals surface area (Å²) in [5, 5.41) is 13.5. The van der Waals surface area contributed by atoms with Gasteiger partial charge in [0.2, 0.25) is 5.89 Å². The van der Waals surface area contributed by atoms with Crippen LogP contribution in [-0.4, -0.2) is 17.0 Å². The molecule has 16 heavy (non-hydrogen) atoms. The van der Waals surface area contributed by atoms with Gasteiger partial charge >= 0.3 is 5.00 Å². The summed E-state index contributed by atoms with van der Waals surface area (Å²) in [6.45, 7) is 0.535. The Bertz CT molecular complexity index is 506. The third-order valence-corrected chi connectivity index (χ3v) is 2.95. The van der Waals surface area contributed by atoms with Crippen molar-refractivity contribution in [1.29, 1.82) is 0 Å². The predicted octanol–water partition coefficient (Wildman–Crippen LogP) is 2.03. The molecule has 84 valence electrons. The lowest BCUT2D eigenvalue weighted by atomic mass is 10.4. The molecule has 0 atom stereocenters. The molecule has 0 bridgehead atoms. The van der Waals surface area contributed by atoms with Gasteiger partial charge in [-0.15, -0.1) is 0 Å². The van der Waals surface area contributed by atoms with Crippen molar-refractivity contribution in [3.05, 3.63) is 34.3 Å². The topological polar surface area (TPSA) is 81.2 Å². The van der Waals surface area contributed by atoms with E-state index in [1.165, 1.54) is 6.07 Å². The van der Waals surface area contributed by atoms with E-state index in [1.807, 2.05) is 0 Å². The molecule has 0 saturated carbocycles. The first-order chi connectivity index (χ1) is 7.70. The highest BCUT2D eigenvalue weighted by molar-refractivity contribution is 7.18. The molecule has 2 rings (SSSR count). The summed E-state index contributed by atoms with van der Waals surface area (Å²) in [5.74, 6) is 1.12. The largest absolute Gasteiger partial charge is 0.438 e. The number of aromatic nitrogens is 1. The number of rotatable bonds is 4. The minimum Gasteiger partial charge on any atom is -0.438 e. The Morgan fingerprint density at radius 1 is 1.62 bits per heavy atom. The molecule has 6 nitrogen and oxygen atoms in total. The summed E-state index contributed by atoms with van der Waals surface area (Å²) < 4.78 is 5.42. The third-order valence-electron chi connectivity index (χ3n) is 1.90. The van der Waals surface area contributed by atoms with Crippen LogP contribution in [0.5, 0.6) is 0 Å². The molecule has 0 spiro atoms. The molecule has 1 N–H and O–H groups in total. The van der Waals surface area contributed by atoms with Crippen LogP contribution in [0, 0.1) is 10.1 Å². The van der Waals surface area contributed by atoms with Crippen molar-refractivity contribution >= 4 is 16.3 Å². The summed E-state index contributed by atoms with van der Waals surface area (Å²) in [6, 6.07) is 3.12. The SMILES string of the molecule is CNCc1ncc(-c2ccc([N+](=O)[O-])s2)o1. The fraction of sp³-hybridized carbons (Fsp3) is 0.222. The maximum atomic E-state index is 10.5. The quantitative estimate of drug-likeness (QED) is 0.652. The van der Waals surface area contributed by atoms with Gasteiger partial charge in [-0.2, -0.15) is 0 Å². The summed E-state index contributed by atoms with van der Waals surface area (Å²) in [4.78, 5) is 14.8. The molecule has 2 heterocycles. The van der Waals surface area contributed by atoms with E-state index in [1.54, 1.807) is 19.3 Å². The Kier molecular flexibility index (Phi) is 2.97. The van der Waals surface area contributed by atoms with E-state index in [0.717, 1.165) is 11.3 Å². The number of hydrogen-bond donors (Lipinski definition) is 1. The molecule has 0 radical (unpaired) electrons. The first-order valence-corrected chi connectivity index (χ1v) is 5.36. The van der Waals surface area contributed by atoms with E-state index in [-0.39, 0.29) is 5.00 Å². The second kappa shape index (κ2) is 4.42. The second-order valence-corrected chi connectivity index (χ2v) is 4.11. The van der Waals surface area contributed by atoms with E-state index in [2.05, 4.69) is 10.3 Å². The molecule has 0 aliphatic rings. The Balaban J connectivity index is 2.24. The van der Waals surface area contributed by atoms with Gasteiger partial charge in [0, 0.05) is 6.07 Å². The van der Waals surface area contributed by atoms with Crippen LogP contribution in [0.4, 0.5) is 5.00 Å². The van der Waals surface area contributed by atoms with Crippen LogP contribution in [0.3, 0.4) is 0 Å². The van der Waals surface area contributed by atoms with Gasteiger partial charge in [0.25, 0.3) is 0 Å². The van der Waals surface area contributed by atoms with E-state index < -0.39 is 4.92 Å². The van der Waals surface area contributed by atoms with Crippen molar-refractivity contribution in [3.8, 4) is 10.6 Å². The Hall–Kier alpha value is -1.73. The van der Waals surface area contributed by atoms with Crippen molar-refractivity contribution in [1.82, 2.24) is 10.3 Å². The van der Waals surface area contributed by atoms with Crippen LogP contribution >= 0.6 is 11.3 Å². The highest BCUT2D eigenvalue weighted by atomic mass is 32.1. The predicted molar refractivity (Wildman–Crippen MR) is 59.2 cm³/mol. The lowest BCUT2D eigenvalue weighted by Gasteiger charge is -1.90. The zero-order chi connectivity index (χ0) is 11.5. The fourth-order valence-electron chi connectivity index (χ4n) is 1.22. The first kappa shape index (κ1) is 10.8. The van der Waals surface area contributed by atoms with E-state index in [0.29, 0.717) is 23.1 Å². The Morgan fingerprint density at radius 3 is 3.06 bits per heavy atom. The molecule has 2 aromatic rings. The van der Waals surface area contributed by atoms with E-state index in [9.17, 15) is 10.1 Å². The molecule has 0 saturated heterocycles. The molecule has 0 aliphatic heterocycles. The van der Waals surface area contributed by atoms with Crippen LogP contribution in [0.25, 0.3) is 10.6 Å². The van der Waals surface area contributed by atoms with Crippen molar-refractivity contribution in [2.75, 3.05) is 7.05 Å². The lowest BCUT2D eigenvalue weighted by molar-refractivity contribution is -0.380. The minimum atomic E-state index is -0.418. The maximum Gasteiger partial charge on any atom is 0.324 e. The van der Waals surface area contributed by atoms with Crippen LogP contribution in [-0.2, 0) is 6.54 Å². The molecular weight excluding hydrogens is 230 g/mol. The number of nitrogens with zero attached hydrogens (tertiary/aromatic N) is 2. The molecule has 0 fully saturated rings. The molecule has 0 aromatic carbocycles. The molecular formula is C9H9N3O3S. The zero-order valence-electron chi connectivity index (χ0n) is 8.47. The van der Waals surface area contributed by atoms with Gasteiger partial charge in [0.15, 0.2) is 5.76 Å². The summed E-state index contributed by atoms with van der Waals surface area (Å²) in [5.41, 5.74) is 0.